The molecule has 1 unspecified atom stereocenters. The molecule has 0 aliphatic carbocycles. The summed E-state index contributed by atoms with van der Waals surface area (Å²) in [7, 11) is 0. The summed E-state index contributed by atoms with van der Waals surface area (Å²) in [6.07, 6.45) is 58.1. The number of esters is 3. The fraction of sp³-hybridized carbons (Fsp3) is 0.796. The minimum Gasteiger partial charge on any atom is -0.462 e. The average Bonchev–Trinajstić information content (AvgIpc) is 3.24. The fourth-order valence-electron chi connectivity index (χ4n) is 7.26. The largest absolute Gasteiger partial charge is 0.462 e. The first-order valence-corrected chi connectivity index (χ1v) is 25.6. The highest BCUT2D eigenvalue weighted by Gasteiger charge is 2.19. The Bertz CT molecular complexity index is 1060. The Morgan fingerprint density at radius 1 is 0.350 bits per heavy atom. The number of rotatable bonds is 46. The fourth-order valence-corrected chi connectivity index (χ4v) is 7.26. The zero-order chi connectivity index (χ0) is 43.7. The van der Waals surface area contributed by atoms with Crippen molar-refractivity contribution >= 4 is 17.9 Å². The summed E-state index contributed by atoms with van der Waals surface area (Å²) >= 11 is 0. The second-order valence-electron chi connectivity index (χ2n) is 17.1. The van der Waals surface area contributed by atoms with Gasteiger partial charge in [-0.25, -0.2) is 0 Å². The molecule has 0 aliphatic rings. The van der Waals surface area contributed by atoms with Crippen molar-refractivity contribution in [2.75, 3.05) is 13.2 Å². The molecule has 6 nitrogen and oxygen atoms in total. The lowest BCUT2D eigenvalue weighted by molar-refractivity contribution is -0.167. The van der Waals surface area contributed by atoms with E-state index in [1.54, 1.807) is 0 Å². The molecular formula is C54H96O6. The molecule has 348 valence electrons. The number of hydrogen-bond acceptors (Lipinski definition) is 6. The molecule has 0 N–H and O–H groups in total. The van der Waals surface area contributed by atoms with Crippen LogP contribution in [-0.4, -0.2) is 37.2 Å². The predicted octanol–water partition coefficient (Wildman–Crippen LogP) is 16.7. The second-order valence-corrected chi connectivity index (χ2v) is 17.1. The third-order valence-electron chi connectivity index (χ3n) is 11.1. The highest BCUT2D eigenvalue weighted by Crippen LogP contribution is 2.15. The molecule has 0 radical (unpaired) electrons. The van der Waals surface area contributed by atoms with Gasteiger partial charge in [0.1, 0.15) is 13.2 Å². The van der Waals surface area contributed by atoms with Crippen molar-refractivity contribution in [1.29, 1.82) is 0 Å². The zero-order valence-electron chi connectivity index (χ0n) is 39.7. The lowest BCUT2D eigenvalue weighted by Crippen LogP contribution is -2.30. The lowest BCUT2D eigenvalue weighted by Gasteiger charge is -2.18. The Balaban J connectivity index is 4.33. The van der Waals surface area contributed by atoms with Crippen LogP contribution in [0.25, 0.3) is 0 Å². The summed E-state index contributed by atoms with van der Waals surface area (Å²) < 4.78 is 16.8. The Morgan fingerprint density at radius 2 is 0.650 bits per heavy atom. The van der Waals surface area contributed by atoms with Crippen LogP contribution in [0.1, 0.15) is 258 Å². The summed E-state index contributed by atoms with van der Waals surface area (Å²) in [6.45, 7) is 6.51. The summed E-state index contributed by atoms with van der Waals surface area (Å²) in [6, 6.07) is 0. The molecule has 60 heavy (non-hydrogen) atoms. The second kappa shape index (κ2) is 49.0. The van der Waals surface area contributed by atoms with Gasteiger partial charge in [-0.05, 0) is 57.8 Å². The Hall–Kier alpha value is -2.63. The first-order chi connectivity index (χ1) is 29.5. The first kappa shape index (κ1) is 57.4. The molecular weight excluding hydrogens is 745 g/mol. The van der Waals surface area contributed by atoms with Gasteiger partial charge in [0.2, 0.25) is 0 Å². The van der Waals surface area contributed by atoms with Crippen LogP contribution >= 0.6 is 0 Å². The van der Waals surface area contributed by atoms with Gasteiger partial charge in [0.15, 0.2) is 6.10 Å². The number of hydrogen-bond donors (Lipinski definition) is 0. The molecule has 0 aliphatic heterocycles. The minimum absolute atomic E-state index is 0.0743. The van der Waals surface area contributed by atoms with Gasteiger partial charge in [-0.1, -0.05) is 230 Å². The third-order valence-corrected chi connectivity index (χ3v) is 11.1. The molecule has 0 fully saturated rings. The van der Waals surface area contributed by atoms with E-state index in [1.807, 2.05) is 0 Å². The van der Waals surface area contributed by atoms with E-state index < -0.39 is 6.10 Å². The Kier molecular flexibility index (Phi) is 46.9. The van der Waals surface area contributed by atoms with E-state index in [2.05, 4.69) is 69.4 Å². The van der Waals surface area contributed by atoms with E-state index in [4.69, 9.17) is 14.2 Å². The van der Waals surface area contributed by atoms with Crippen LogP contribution in [0, 0.1) is 0 Å². The van der Waals surface area contributed by atoms with Gasteiger partial charge < -0.3 is 14.2 Å². The molecule has 0 saturated heterocycles. The first-order valence-electron chi connectivity index (χ1n) is 25.6. The van der Waals surface area contributed by atoms with E-state index in [-0.39, 0.29) is 31.1 Å². The predicted molar refractivity (Wildman–Crippen MR) is 256 cm³/mol. The maximum atomic E-state index is 12.8. The van der Waals surface area contributed by atoms with E-state index in [9.17, 15) is 14.4 Å². The summed E-state index contributed by atoms with van der Waals surface area (Å²) in [4.78, 5) is 37.9. The van der Waals surface area contributed by atoms with E-state index >= 15 is 0 Å². The molecule has 6 heteroatoms. The summed E-state index contributed by atoms with van der Waals surface area (Å²) in [5.41, 5.74) is 0. The van der Waals surface area contributed by atoms with Gasteiger partial charge in [0.25, 0.3) is 0 Å². The van der Waals surface area contributed by atoms with Gasteiger partial charge in [-0.2, -0.15) is 0 Å². The zero-order valence-corrected chi connectivity index (χ0v) is 39.7. The molecule has 0 aromatic heterocycles. The number of allylic oxidation sites excluding steroid dienone is 8. The molecule has 0 spiro atoms. The van der Waals surface area contributed by atoms with Gasteiger partial charge in [-0.15, -0.1) is 0 Å². The molecule has 0 amide bonds. The highest BCUT2D eigenvalue weighted by molar-refractivity contribution is 5.71. The van der Waals surface area contributed by atoms with Crippen molar-refractivity contribution in [2.45, 2.75) is 264 Å². The monoisotopic (exact) mass is 841 g/mol. The van der Waals surface area contributed by atoms with Crippen LogP contribution in [0.15, 0.2) is 48.6 Å². The minimum atomic E-state index is -0.773. The number of ether oxygens (including phenoxy) is 3. The number of unbranched alkanes of at least 4 members (excludes halogenated alkanes) is 27. The topological polar surface area (TPSA) is 78.9 Å². The Labute approximate surface area is 371 Å². The molecule has 0 aromatic rings. The van der Waals surface area contributed by atoms with E-state index in [0.717, 1.165) is 89.9 Å². The molecule has 0 saturated carbocycles. The molecule has 0 heterocycles. The van der Waals surface area contributed by atoms with Gasteiger partial charge >= 0.3 is 17.9 Å². The summed E-state index contributed by atoms with van der Waals surface area (Å²) in [5, 5.41) is 0. The number of carbonyl (C=O) groups excluding carboxylic acids is 3. The van der Waals surface area contributed by atoms with Gasteiger partial charge in [0.05, 0.1) is 0 Å². The SMILES string of the molecule is CC/C=C\C/C=C\C/C=C\C/C=C\CCCCCCCCC(=O)OCC(COC(=O)CCCCCCCCCCCC)OC(=O)CCCCCCCCCCCCCCC. The van der Waals surface area contributed by atoms with Crippen molar-refractivity contribution in [3.63, 3.8) is 0 Å². The van der Waals surface area contributed by atoms with Crippen LogP contribution < -0.4 is 0 Å². The van der Waals surface area contributed by atoms with Crippen LogP contribution in [0.5, 0.6) is 0 Å². The van der Waals surface area contributed by atoms with Crippen molar-refractivity contribution in [2.24, 2.45) is 0 Å². The standard InChI is InChI=1S/C54H96O6/c1-4-7-10-13-16-19-22-24-25-26-27-28-29-31-32-35-38-41-44-47-53(56)59-50-51(49-58-52(55)46-43-40-37-34-21-18-15-12-9-6-3)60-54(57)48-45-42-39-36-33-30-23-20-17-14-11-8-5-2/h7,10,16,19,24-25,27-28,51H,4-6,8-9,11-15,17-18,20-23,26,29-50H2,1-3H3/b10-7-,19-16-,25-24-,28-27-. The maximum Gasteiger partial charge on any atom is 0.306 e. The smallest absolute Gasteiger partial charge is 0.306 e. The van der Waals surface area contributed by atoms with Crippen LogP contribution in [-0.2, 0) is 28.6 Å². The van der Waals surface area contributed by atoms with Crippen LogP contribution in [0.2, 0.25) is 0 Å². The van der Waals surface area contributed by atoms with E-state index in [1.165, 1.54) is 128 Å². The normalized spacial score (nSPS) is 12.4. The summed E-state index contributed by atoms with van der Waals surface area (Å²) in [5.74, 6) is -0.882. The molecule has 0 bridgehead atoms. The Morgan fingerprint density at radius 3 is 1.02 bits per heavy atom. The van der Waals surface area contributed by atoms with Crippen molar-refractivity contribution in [3.05, 3.63) is 48.6 Å². The molecule has 1 atom stereocenters. The quantitative estimate of drug-likeness (QED) is 0.0263. The molecule has 0 aromatic carbocycles. The molecule has 0 rings (SSSR count). The van der Waals surface area contributed by atoms with Gasteiger partial charge in [0, 0.05) is 19.3 Å². The maximum absolute atomic E-state index is 12.8. The van der Waals surface area contributed by atoms with E-state index in [0.29, 0.717) is 19.3 Å². The van der Waals surface area contributed by atoms with Crippen molar-refractivity contribution in [1.82, 2.24) is 0 Å². The van der Waals surface area contributed by atoms with Crippen molar-refractivity contribution in [3.8, 4) is 0 Å². The van der Waals surface area contributed by atoms with Gasteiger partial charge in [-0.3, -0.25) is 14.4 Å². The van der Waals surface area contributed by atoms with Crippen LogP contribution in [0.4, 0.5) is 0 Å². The number of carbonyl (C=O) groups is 3. The highest BCUT2D eigenvalue weighted by atomic mass is 16.6. The average molecular weight is 841 g/mol. The van der Waals surface area contributed by atoms with Crippen molar-refractivity contribution < 1.29 is 28.6 Å². The van der Waals surface area contributed by atoms with Crippen LogP contribution in [0.3, 0.4) is 0 Å². The third kappa shape index (κ3) is 46.4. The lowest BCUT2D eigenvalue weighted by atomic mass is 10.0.